The standard InChI is InChI=1S/C57H37N3/c1-2-15-43(16-3-1)55-58-56(49-21-10-20-46(36-49)40-24-26-41(27-25-40)47-30-28-38-12-4-6-17-44(38)34-47)60-57(59-55)50-32-33-52(48-31-29-39-13-5-7-18-45(39)35-48)54(37-50)53-23-11-19-42-14-8-9-22-51(42)53/h1-37H. The normalized spacial score (nSPS) is 11.3. The van der Waals surface area contributed by atoms with E-state index in [9.17, 15) is 0 Å². The number of benzene rings is 10. The smallest absolute Gasteiger partial charge is 0.164 e. The summed E-state index contributed by atoms with van der Waals surface area (Å²) in [5, 5.41) is 7.31. The van der Waals surface area contributed by atoms with Gasteiger partial charge in [-0.05, 0) is 101 Å². The molecule has 0 unspecified atom stereocenters. The first-order valence-electron chi connectivity index (χ1n) is 20.3. The summed E-state index contributed by atoms with van der Waals surface area (Å²) in [6.45, 7) is 0. The summed E-state index contributed by atoms with van der Waals surface area (Å²) in [5.41, 5.74) is 12.0. The average molecular weight is 764 g/mol. The summed E-state index contributed by atoms with van der Waals surface area (Å²) < 4.78 is 0. The van der Waals surface area contributed by atoms with E-state index in [2.05, 4.69) is 206 Å². The van der Waals surface area contributed by atoms with Crippen molar-refractivity contribution in [2.75, 3.05) is 0 Å². The van der Waals surface area contributed by atoms with Gasteiger partial charge in [0.1, 0.15) is 0 Å². The molecule has 0 fully saturated rings. The van der Waals surface area contributed by atoms with Gasteiger partial charge in [0.05, 0.1) is 0 Å². The van der Waals surface area contributed by atoms with Crippen molar-refractivity contribution in [1.82, 2.24) is 15.0 Å². The molecule has 0 aliphatic heterocycles. The van der Waals surface area contributed by atoms with Crippen LogP contribution < -0.4 is 0 Å². The van der Waals surface area contributed by atoms with E-state index in [0.29, 0.717) is 17.5 Å². The van der Waals surface area contributed by atoms with E-state index >= 15 is 0 Å². The molecule has 1 aromatic heterocycles. The highest BCUT2D eigenvalue weighted by Crippen LogP contribution is 2.40. The minimum atomic E-state index is 0.621. The minimum Gasteiger partial charge on any atom is -0.208 e. The van der Waals surface area contributed by atoms with Gasteiger partial charge in [-0.2, -0.15) is 0 Å². The van der Waals surface area contributed by atoms with Gasteiger partial charge < -0.3 is 0 Å². The first kappa shape index (κ1) is 35.2. The van der Waals surface area contributed by atoms with Gasteiger partial charge in [0, 0.05) is 16.7 Å². The molecule has 0 amide bonds. The van der Waals surface area contributed by atoms with Crippen molar-refractivity contribution in [3.05, 3.63) is 224 Å². The SMILES string of the molecule is c1ccc(-c2nc(-c3cccc(-c4ccc(-c5ccc6ccccc6c5)cc4)c3)nc(-c3ccc(-c4ccc5ccccc5c4)c(-c4cccc5ccccc45)c3)n2)cc1. The lowest BCUT2D eigenvalue weighted by Gasteiger charge is -2.16. The van der Waals surface area contributed by atoms with E-state index in [4.69, 9.17) is 15.0 Å². The van der Waals surface area contributed by atoms with Gasteiger partial charge in [-0.25, -0.2) is 15.0 Å². The van der Waals surface area contributed by atoms with Gasteiger partial charge in [-0.15, -0.1) is 0 Å². The van der Waals surface area contributed by atoms with Gasteiger partial charge in [0.15, 0.2) is 17.5 Å². The van der Waals surface area contributed by atoms with Crippen molar-refractivity contribution < 1.29 is 0 Å². The zero-order valence-corrected chi connectivity index (χ0v) is 32.7. The highest BCUT2D eigenvalue weighted by atomic mass is 15.0. The monoisotopic (exact) mass is 763 g/mol. The highest BCUT2D eigenvalue weighted by molar-refractivity contribution is 6.02. The number of hydrogen-bond donors (Lipinski definition) is 0. The fourth-order valence-corrected chi connectivity index (χ4v) is 8.39. The molecule has 3 heteroatoms. The van der Waals surface area contributed by atoms with Crippen LogP contribution in [0.5, 0.6) is 0 Å². The Labute approximate surface area is 349 Å². The summed E-state index contributed by atoms with van der Waals surface area (Å²) in [4.78, 5) is 15.5. The first-order valence-corrected chi connectivity index (χ1v) is 20.3. The van der Waals surface area contributed by atoms with Crippen LogP contribution in [0.4, 0.5) is 0 Å². The van der Waals surface area contributed by atoms with E-state index in [1.807, 2.05) is 18.2 Å². The second kappa shape index (κ2) is 15.1. The Balaban J connectivity index is 1.03. The molecule has 0 bridgehead atoms. The number of fused-ring (bicyclic) bond motifs is 3. The number of rotatable bonds is 7. The van der Waals surface area contributed by atoms with Gasteiger partial charge in [0.2, 0.25) is 0 Å². The Morgan fingerprint density at radius 3 is 1.35 bits per heavy atom. The summed E-state index contributed by atoms with van der Waals surface area (Å²) in [6.07, 6.45) is 0. The minimum absolute atomic E-state index is 0.621. The summed E-state index contributed by atoms with van der Waals surface area (Å²) >= 11 is 0. The molecule has 11 rings (SSSR count). The Morgan fingerprint density at radius 2 is 0.650 bits per heavy atom. The molecule has 0 aliphatic rings. The fraction of sp³-hybridized carbons (Fsp3) is 0. The van der Waals surface area contributed by atoms with Crippen LogP contribution in [0.1, 0.15) is 0 Å². The number of aromatic nitrogens is 3. The molecule has 0 atom stereocenters. The third-order valence-electron chi connectivity index (χ3n) is 11.5. The Hall–Kier alpha value is -8.01. The van der Waals surface area contributed by atoms with Gasteiger partial charge in [0.25, 0.3) is 0 Å². The van der Waals surface area contributed by atoms with Crippen molar-refractivity contribution in [2.45, 2.75) is 0 Å². The fourth-order valence-electron chi connectivity index (χ4n) is 8.39. The maximum Gasteiger partial charge on any atom is 0.164 e. The van der Waals surface area contributed by atoms with E-state index < -0.39 is 0 Å². The Bertz CT molecular complexity index is 3360. The van der Waals surface area contributed by atoms with Crippen molar-refractivity contribution in [3.63, 3.8) is 0 Å². The van der Waals surface area contributed by atoms with Gasteiger partial charge in [-0.1, -0.05) is 200 Å². The van der Waals surface area contributed by atoms with Gasteiger partial charge >= 0.3 is 0 Å². The maximum atomic E-state index is 5.23. The molecule has 0 aliphatic carbocycles. The number of hydrogen-bond acceptors (Lipinski definition) is 3. The maximum absolute atomic E-state index is 5.23. The zero-order chi connectivity index (χ0) is 39.8. The van der Waals surface area contributed by atoms with Crippen LogP contribution in [-0.2, 0) is 0 Å². The third-order valence-corrected chi connectivity index (χ3v) is 11.5. The first-order chi connectivity index (χ1) is 29.7. The van der Waals surface area contributed by atoms with Crippen LogP contribution in [0, 0.1) is 0 Å². The molecule has 1 heterocycles. The molecule has 0 saturated carbocycles. The van der Waals surface area contributed by atoms with Crippen molar-refractivity contribution in [2.24, 2.45) is 0 Å². The largest absolute Gasteiger partial charge is 0.208 e. The molecule has 0 spiro atoms. The molecule has 3 nitrogen and oxygen atoms in total. The van der Waals surface area contributed by atoms with Crippen LogP contribution >= 0.6 is 0 Å². The van der Waals surface area contributed by atoms with Crippen LogP contribution in [0.15, 0.2) is 224 Å². The molecule has 0 radical (unpaired) electrons. The van der Waals surface area contributed by atoms with Crippen LogP contribution in [-0.4, -0.2) is 15.0 Å². The molecule has 10 aromatic carbocycles. The lowest BCUT2D eigenvalue weighted by molar-refractivity contribution is 1.07. The molecule has 60 heavy (non-hydrogen) atoms. The molecule has 0 saturated heterocycles. The zero-order valence-electron chi connectivity index (χ0n) is 32.7. The topological polar surface area (TPSA) is 38.7 Å². The molecule has 11 aromatic rings. The number of nitrogens with zero attached hydrogens (tertiary/aromatic N) is 3. The molecular weight excluding hydrogens is 727 g/mol. The van der Waals surface area contributed by atoms with Gasteiger partial charge in [-0.3, -0.25) is 0 Å². The second-order valence-corrected chi connectivity index (χ2v) is 15.2. The van der Waals surface area contributed by atoms with E-state index in [1.165, 1.54) is 43.4 Å². The average Bonchev–Trinajstić information content (AvgIpc) is 3.33. The quantitative estimate of drug-likeness (QED) is 0.162. The lowest BCUT2D eigenvalue weighted by Crippen LogP contribution is -2.00. The summed E-state index contributed by atoms with van der Waals surface area (Å²) in [6, 6.07) is 79.7. The van der Waals surface area contributed by atoms with Crippen LogP contribution in [0.25, 0.3) is 111 Å². The Morgan fingerprint density at radius 1 is 0.200 bits per heavy atom. The Kier molecular flexibility index (Phi) is 8.83. The van der Waals surface area contributed by atoms with Crippen molar-refractivity contribution in [1.29, 1.82) is 0 Å². The molecule has 280 valence electrons. The predicted molar refractivity (Wildman–Crippen MR) is 250 cm³/mol. The molecular formula is C57H37N3. The van der Waals surface area contributed by atoms with Crippen LogP contribution in [0.3, 0.4) is 0 Å². The van der Waals surface area contributed by atoms with E-state index in [0.717, 1.165) is 50.1 Å². The van der Waals surface area contributed by atoms with Crippen LogP contribution in [0.2, 0.25) is 0 Å². The highest BCUT2D eigenvalue weighted by Gasteiger charge is 2.17. The third kappa shape index (κ3) is 6.68. The predicted octanol–water partition coefficient (Wildman–Crippen LogP) is 15.0. The van der Waals surface area contributed by atoms with Crippen molar-refractivity contribution >= 4 is 32.3 Å². The second-order valence-electron chi connectivity index (χ2n) is 15.2. The molecule has 0 N–H and O–H groups in total. The summed E-state index contributed by atoms with van der Waals surface area (Å²) in [7, 11) is 0. The van der Waals surface area contributed by atoms with Crippen molar-refractivity contribution in [3.8, 4) is 78.7 Å². The van der Waals surface area contributed by atoms with E-state index in [1.54, 1.807) is 0 Å². The van der Waals surface area contributed by atoms with E-state index in [-0.39, 0.29) is 0 Å². The lowest BCUT2D eigenvalue weighted by atomic mass is 9.89. The summed E-state index contributed by atoms with van der Waals surface area (Å²) in [5.74, 6) is 1.88.